The number of benzene rings is 2. The minimum absolute atomic E-state index is 0.796. The first kappa shape index (κ1) is 15.6. The summed E-state index contributed by atoms with van der Waals surface area (Å²) < 4.78 is 12.6. The topological polar surface area (TPSA) is 48.3 Å². The fourth-order valence-electron chi connectivity index (χ4n) is 3.27. The molecule has 1 aliphatic rings. The Hall–Kier alpha value is -2.95. The lowest BCUT2D eigenvalue weighted by molar-refractivity contribution is 0.414. The van der Waals surface area contributed by atoms with Crippen LogP contribution in [0, 0.1) is 0 Å². The Balaban J connectivity index is 1.69. The van der Waals surface area contributed by atoms with Gasteiger partial charge in [0.15, 0.2) is 0 Å². The molecule has 1 aliphatic heterocycles. The normalized spacial score (nSPS) is 12.6. The molecule has 1 aromatic heterocycles. The third kappa shape index (κ3) is 2.93. The average molecular weight is 335 g/mol. The van der Waals surface area contributed by atoms with Crippen molar-refractivity contribution in [2.24, 2.45) is 0 Å². The van der Waals surface area contributed by atoms with Gasteiger partial charge in [-0.25, -0.2) is 4.68 Å². The number of ether oxygens (including phenoxy) is 2. The van der Waals surface area contributed by atoms with Crippen LogP contribution in [0.15, 0.2) is 48.5 Å². The summed E-state index contributed by atoms with van der Waals surface area (Å²) in [5, 5.41) is 8.35. The monoisotopic (exact) mass is 335 g/mol. The molecule has 0 saturated heterocycles. The van der Waals surface area contributed by atoms with E-state index in [-0.39, 0.29) is 0 Å². The van der Waals surface area contributed by atoms with Gasteiger partial charge in [0.25, 0.3) is 0 Å². The molecule has 25 heavy (non-hydrogen) atoms. The highest BCUT2D eigenvalue weighted by atomic mass is 16.5. The van der Waals surface area contributed by atoms with Gasteiger partial charge in [0.1, 0.15) is 17.3 Å². The zero-order chi connectivity index (χ0) is 17.2. The molecule has 0 spiro atoms. The van der Waals surface area contributed by atoms with E-state index in [0.717, 1.165) is 48.1 Å². The number of nitrogens with zero attached hydrogens (tertiary/aromatic N) is 2. The maximum absolute atomic E-state index is 5.33. The summed E-state index contributed by atoms with van der Waals surface area (Å²) >= 11 is 0. The van der Waals surface area contributed by atoms with E-state index in [1.165, 1.54) is 11.1 Å². The summed E-state index contributed by atoms with van der Waals surface area (Å²) in [4.78, 5) is 0. The molecule has 1 N–H and O–H groups in total. The minimum Gasteiger partial charge on any atom is -0.497 e. The molecule has 3 aromatic rings. The van der Waals surface area contributed by atoms with Gasteiger partial charge < -0.3 is 14.8 Å². The van der Waals surface area contributed by atoms with Gasteiger partial charge in [0.2, 0.25) is 0 Å². The van der Waals surface area contributed by atoms with Crippen molar-refractivity contribution < 1.29 is 9.47 Å². The summed E-state index contributed by atoms with van der Waals surface area (Å²) in [6.07, 6.45) is 1.80. The van der Waals surface area contributed by atoms with Crippen LogP contribution < -0.4 is 14.8 Å². The maximum Gasteiger partial charge on any atom is 0.133 e. The van der Waals surface area contributed by atoms with Gasteiger partial charge in [-0.15, -0.1) is 0 Å². The highest BCUT2D eigenvalue weighted by Crippen LogP contribution is 2.30. The molecule has 2 heterocycles. The maximum atomic E-state index is 5.33. The van der Waals surface area contributed by atoms with Gasteiger partial charge >= 0.3 is 0 Å². The molecule has 0 atom stereocenters. The third-order valence-corrected chi connectivity index (χ3v) is 4.56. The average Bonchev–Trinajstić information content (AvgIpc) is 3.26. The van der Waals surface area contributed by atoms with Gasteiger partial charge in [0.05, 0.1) is 25.6 Å². The van der Waals surface area contributed by atoms with Crippen molar-refractivity contribution in [1.82, 2.24) is 9.78 Å². The van der Waals surface area contributed by atoms with Crippen molar-refractivity contribution >= 4 is 5.82 Å². The molecular weight excluding hydrogens is 314 g/mol. The first-order chi connectivity index (χ1) is 12.3. The number of rotatable bonds is 5. The Morgan fingerprint density at radius 2 is 1.84 bits per heavy atom. The van der Waals surface area contributed by atoms with E-state index in [1.807, 2.05) is 41.1 Å². The van der Waals surface area contributed by atoms with Crippen molar-refractivity contribution in [3.63, 3.8) is 0 Å². The molecule has 5 nitrogen and oxygen atoms in total. The van der Waals surface area contributed by atoms with Crippen LogP contribution in [0.4, 0.5) is 5.82 Å². The van der Waals surface area contributed by atoms with Gasteiger partial charge in [-0.3, -0.25) is 0 Å². The van der Waals surface area contributed by atoms with Gasteiger partial charge in [0, 0.05) is 18.5 Å². The zero-order valence-electron chi connectivity index (χ0n) is 14.5. The molecule has 128 valence electrons. The van der Waals surface area contributed by atoms with E-state index in [4.69, 9.17) is 14.6 Å². The number of methoxy groups -OCH3 is 2. The molecule has 0 unspecified atom stereocenters. The van der Waals surface area contributed by atoms with E-state index >= 15 is 0 Å². The lowest BCUT2D eigenvalue weighted by Crippen LogP contribution is -2.05. The van der Waals surface area contributed by atoms with Crippen molar-refractivity contribution in [1.29, 1.82) is 0 Å². The van der Waals surface area contributed by atoms with Crippen LogP contribution in [0.3, 0.4) is 0 Å². The zero-order valence-corrected chi connectivity index (χ0v) is 14.5. The van der Waals surface area contributed by atoms with Crippen LogP contribution in [0.1, 0.15) is 16.8 Å². The van der Waals surface area contributed by atoms with E-state index in [0.29, 0.717) is 0 Å². The second-order valence-electron chi connectivity index (χ2n) is 6.09. The Labute approximate surface area is 147 Å². The standard InChI is InChI=1S/C20H21N3O2/c1-24-16-8-6-15(7-9-16)23-20-18(10-11-21-20)19(22-23)13-14-4-3-5-17(12-14)25-2/h3-9,12,21H,10-11,13H2,1-2H3. The van der Waals surface area contributed by atoms with E-state index < -0.39 is 0 Å². The van der Waals surface area contributed by atoms with Crippen molar-refractivity contribution in [2.45, 2.75) is 12.8 Å². The second kappa shape index (κ2) is 6.51. The number of aromatic nitrogens is 2. The Morgan fingerprint density at radius 3 is 2.60 bits per heavy atom. The summed E-state index contributed by atoms with van der Waals surface area (Å²) in [5.41, 5.74) is 4.65. The summed E-state index contributed by atoms with van der Waals surface area (Å²) in [6, 6.07) is 16.1. The smallest absolute Gasteiger partial charge is 0.133 e. The lowest BCUT2D eigenvalue weighted by atomic mass is 10.1. The number of nitrogens with one attached hydrogen (secondary N) is 1. The summed E-state index contributed by atoms with van der Waals surface area (Å²) in [7, 11) is 3.37. The fourth-order valence-corrected chi connectivity index (χ4v) is 3.27. The predicted molar refractivity (Wildman–Crippen MR) is 98.1 cm³/mol. The van der Waals surface area contributed by atoms with Crippen molar-refractivity contribution in [3.8, 4) is 17.2 Å². The lowest BCUT2D eigenvalue weighted by Gasteiger charge is -2.07. The number of hydrogen-bond donors (Lipinski definition) is 1. The quantitative estimate of drug-likeness (QED) is 0.776. The number of fused-ring (bicyclic) bond motifs is 1. The summed E-state index contributed by atoms with van der Waals surface area (Å²) in [5.74, 6) is 2.82. The van der Waals surface area contributed by atoms with Crippen molar-refractivity contribution in [2.75, 3.05) is 26.1 Å². The molecule has 0 radical (unpaired) electrons. The second-order valence-corrected chi connectivity index (χ2v) is 6.09. The molecular formula is C20H21N3O2. The van der Waals surface area contributed by atoms with E-state index in [2.05, 4.69) is 17.4 Å². The van der Waals surface area contributed by atoms with Crippen LogP contribution in [-0.2, 0) is 12.8 Å². The summed E-state index contributed by atoms with van der Waals surface area (Å²) in [6.45, 7) is 0.953. The van der Waals surface area contributed by atoms with Gasteiger partial charge in [-0.05, 0) is 48.4 Å². The number of anilines is 1. The van der Waals surface area contributed by atoms with Crippen LogP contribution in [-0.4, -0.2) is 30.5 Å². The molecule has 2 aromatic carbocycles. The molecule has 4 rings (SSSR count). The Kier molecular flexibility index (Phi) is 4.06. The van der Waals surface area contributed by atoms with Crippen LogP contribution in [0.5, 0.6) is 11.5 Å². The molecule has 0 bridgehead atoms. The highest BCUT2D eigenvalue weighted by molar-refractivity contribution is 5.58. The third-order valence-electron chi connectivity index (χ3n) is 4.56. The predicted octanol–water partition coefficient (Wildman–Crippen LogP) is 3.45. The van der Waals surface area contributed by atoms with Crippen LogP contribution in [0.2, 0.25) is 0 Å². The minimum atomic E-state index is 0.796. The highest BCUT2D eigenvalue weighted by Gasteiger charge is 2.23. The molecule has 0 fully saturated rings. The van der Waals surface area contributed by atoms with Crippen molar-refractivity contribution in [3.05, 3.63) is 65.4 Å². The van der Waals surface area contributed by atoms with E-state index in [9.17, 15) is 0 Å². The Morgan fingerprint density at radius 1 is 1.04 bits per heavy atom. The van der Waals surface area contributed by atoms with Gasteiger partial charge in [-0.2, -0.15) is 5.10 Å². The van der Waals surface area contributed by atoms with Crippen LogP contribution >= 0.6 is 0 Å². The SMILES string of the molecule is COc1ccc(-n2nc(Cc3cccc(OC)c3)c3c2NCC3)cc1. The first-order valence-electron chi connectivity index (χ1n) is 8.40. The van der Waals surface area contributed by atoms with Gasteiger partial charge in [-0.1, -0.05) is 12.1 Å². The van der Waals surface area contributed by atoms with Crippen LogP contribution in [0.25, 0.3) is 5.69 Å². The largest absolute Gasteiger partial charge is 0.497 e. The molecule has 5 heteroatoms. The number of hydrogen-bond acceptors (Lipinski definition) is 4. The fraction of sp³-hybridized carbons (Fsp3) is 0.250. The molecule has 0 aliphatic carbocycles. The molecule has 0 saturated carbocycles. The van der Waals surface area contributed by atoms with E-state index in [1.54, 1.807) is 14.2 Å². The molecule has 0 amide bonds. The first-order valence-corrected chi connectivity index (χ1v) is 8.40. The Bertz CT molecular complexity index is 884.